The zero-order chi connectivity index (χ0) is 11.3. The smallest absolute Gasteiger partial charge is 0.0750 e. The van der Waals surface area contributed by atoms with E-state index in [4.69, 9.17) is 4.99 Å². The molecule has 16 heavy (non-hydrogen) atoms. The van der Waals surface area contributed by atoms with Gasteiger partial charge in [-0.2, -0.15) is 0 Å². The van der Waals surface area contributed by atoms with E-state index < -0.39 is 0 Å². The van der Waals surface area contributed by atoms with Gasteiger partial charge >= 0.3 is 0 Å². The predicted molar refractivity (Wildman–Crippen MR) is 67.5 cm³/mol. The van der Waals surface area contributed by atoms with Crippen molar-refractivity contribution in [2.75, 3.05) is 0 Å². The van der Waals surface area contributed by atoms with Crippen LogP contribution in [0.5, 0.6) is 0 Å². The van der Waals surface area contributed by atoms with Gasteiger partial charge in [0.1, 0.15) is 0 Å². The molecule has 0 N–H and O–H groups in total. The van der Waals surface area contributed by atoms with Crippen molar-refractivity contribution in [1.29, 1.82) is 0 Å². The molecule has 2 heteroatoms. The first-order valence-corrected chi connectivity index (χ1v) is 5.53. The Morgan fingerprint density at radius 3 is 2.75 bits per heavy atom. The summed E-state index contributed by atoms with van der Waals surface area (Å²) in [6, 6.07) is 6.36. The van der Waals surface area contributed by atoms with Gasteiger partial charge in [-0.1, -0.05) is 26.0 Å². The Hall–Kier alpha value is -1.70. The van der Waals surface area contributed by atoms with Gasteiger partial charge in [0.2, 0.25) is 0 Å². The van der Waals surface area contributed by atoms with E-state index in [0.717, 1.165) is 11.1 Å². The third-order valence-corrected chi connectivity index (χ3v) is 3.65. The van der Waals surface area contributed by atoms with E-state index in [2.05, 4.69) is 37.9 Å². The Morgan fingerprint density at radius 1 is 1.12 bits per heavy atom. The third kappa shape index (κ3) is 1.07. The molecule has 3 rings (SSSR count). The van der Waals surface area contributed by atoms with E-state index >= 15 is 0 Å². The van der Waals surface area contributed by atoms with Crippen LogP contribution in [-0.4, -0.2) is 10.7 Å². The van der Waals surface area contributed by atoms with Gasteiger partial charge in [-0.05, 0) is 18.6 Å². The largest absolute Gasteiger partial charge is 0.264 e. The second-order valence-corrected chi connectivity index (χ2v) is 4.88. The lowest BCUT2D eigenvalue weighted by Crippen LogP contribution is -2.22. The van der Waals surface area contributed by atoms with Crippen LogP contribution in [0.25, 0.3) is 10.8 Å². The summed E-state index contributed by atoms with van der Waals surface area (Å²) in [5.74, 6) is 0. The monoisotopic (exact) mass is 210 g/mol. The van der Waals surface area contributed by atoms with E-state index in [1.165, 1.54) is 16.7 Å². The maximum atomic E-state index is 4.72. The molecule has 0 bridgehead atoms. The molecule has 80 valence electrons. The molecule has 0 spiro atoms. The average molecular weight is 210 g/mol. The molecular formula is C14H14N2. The van der Waals surface area contributed by atoms with E-state index in [0.29, 0.717) is 0 Å². The normalized spacial score (nSPS) is 17.3. The van der Waals surface area contributed by atoms with Crippen molar-refractivity contribution < 1.29 is 0 Å². The van der Waals surface area contributed by atoms with Gasteiger partial charge in [0.05, 0.1) is 5.69 Å². The van der Waals surface area contributed by atoms with Crippen LogP contribution in [0.2, 0.25) is 0 Å². The molecule has 0 atom stereocenters. The summed E-state index contributed by atoms with van der Waals surface area (Å²) in [4.78, 5) is 8.87. The minimum Gasteiger partial charge on any atom is -0.264 e. The highest BCUT2D eigenvalue weighted by molar-refractivity contribution is 6.06. The molecule has 0 amide bonds. The molecule has 2 nitrogen and oxygen atoms in total. The fraction of sp³-hybridized carbons (Fsp3) is 0.286. The molecule has 2 heterocycles. The van der Waals surface area contributed by atoms with Gasteiger partial charge < -0.3 is 0 Å². The van der Waals surface area contributed by atoms with Crippen LogP contribution in [0.3, 0.4) is 0 Å². The maximum absolute atomic E-state index is 4.72. The predicted octanol–water partition coefficient (Wildman–Crippen LogP) is 3.62. The number of rotatable bonds is 0. The molecule has 0 fully saturated rings. The minimum absolute atomic E-state index is 0.0623. The van der Waals surface area contributed by atoms with Crippen LogP contribution in [0.15, 0.2) is 35.6 Å². The Labute approximate surface area is 95.0 Å². The Kier molecular flexibility index (Phi) is 1.73. The molecule has 1 aliphatic heterocycles. The SMILES string of the molecule is CC1=Nc2c(ccc3cnccc23)C1(C)C. The van der Waals surface area contributed by atoms with Crippen molar-refractivity contribution >= 4 is 22.2 Å². The van der Waals surface area contributed by atoms with E-state index in [-0.39, 0.29) is 5.41 Å². The first kappa shape index (κ1) is 9.52. The van der Waals surface area contributed by atoms with Crippen molar-refractivity contribution in [3.05, 3.63) is 36.2 Å². The first-order valence-electron chi connectivity index (χ1n) is 5.53. The molecule has 1 aromatic heterocycles. The summed E-state index contributed by atoms with van der Waals surface area (Å²) >= 11 is 0. The highest BCUT2D eigenvalue weighted by Crippen LogP contribution is 2.43. The Bertz CT molecular complexity index is 609. The quantitative estimate of drug-likeness (QED) is 0.652. The molecule has 2 aromatic rings. The van der Waals surface area contributed by atoms with E-state index in [9.17, 15) is 0 Å². The number of benzene rings is 1. The summed E-state index contributed by atoms with van der Waals surface area (Å²) < 4.78 is 0. The fourth-order valence-electron chi connectivity index (χ4n) is 2.28. The van der Waals surface area contributed by atoms with Crippen LogP contribution < -0.4 is 0 Å². The van der Waals surface area contributed by atoms with Crippen LogP contribution in [0.1, 0.15) is 26.3 Å². The van der Waals surface area contributed by atoms with Crippen LogP contribution in [-0.2, 0) is 5.41 Å². The topological polar surface area (TPSA) is 25.2 Å². The van der Waals surface area contributed by atoms with Gasteiger partial charge in [0.25, 0.3) is 0 Å². The van der Waals surface area contributed by atoms with Crippen LogP contribution >= 0.6 is 0 Å². The molecular weight excluding hydrogens is 196 g/mol. The van der Waals surface area contributed by atoms with Crippen molar-refractivity contribution in [3.8, 4) is 0 Å². The van der Waals surface area contributed by atoms with E-state index in [1.54, 1.807) is 0 Å². The standard InChI is InChI=1S/C14H14N2/c1-9-14(2,3)12-5-4-10-8-15-7-6-11(10)13(12)16-9/h4-8H,1-3H3. The number of hydrogen-bond acceptors (Lipinski definition) is 2. The van der Waals surface area contributed by atoms with Crippen LogP contribution in [0.4, 0.5) is 5.69 Å². The molecule has 0 unspecified atom stereocenters. The lowest BCUT2D eigenvalue weighted by Gasteiger charge is -2.19. The Balaban J connectivity index is 2.43. The molecule has 1 aromatic carbocycles. The molecule has 0 radical (unpaired) electrons. The second-order valence-electron chi connectivity index (χ2n) is 4.88. The third-order valence-electron chi connectivity index (χ3n) is 3.65. The number of hydrogen-bond donors (Lipinski definition) is 0. The van der Waals surface area contributed by atoms with Crippen molar-refractivity contribution in [2.24, 2.45) is 4.99 Å². The lowest BCUT2D eigenvalue weighted by molar-refractivity contribution is 0.734. The highest BCUT2D eigenvalue weighted by Gasteiger charge is 2.32. The maximum Gasteiger partial charge on any atom is 0.0750 e. The van der Waals surface area contributed by atoms with Gasteiger partial charge in [-0.15, -0.1) is 0 Å². The van der Waals surface area contributed by atoms with Crippen molar-refractivity contribution in [3.63, 3.8) is 0 Å². The van der Waals surface area contributed by atoms with Gasteiger partial charge in [0, 0.05) is 34.3 Å². The number of aliphatic imine (C=N–C) groups is 1. The summed E-state index contributed by atoms with van der Waals surface area (Å²) in [7, 11) is 0. The molecule has 0 aliphatic carbocycles. The van der Waals surface area contributed by atoms with Gasteiger partial charge in [-0.3, -0.25) is 9.98 Å². The highest BCUT2D eigenvalue weighted by atomic mass is 14.8. The summed E-state index contributed by atoms with van der Waals surface area (Å²) in [6.45, 7) is 6.56. The lowest BCUT2D eigenvalue weighted by atomic mass is 9.81. The van der Waals surface area contributed by atoms with Crippen molar-refractivity contribution in [2.45, 2.75) is 26.2 Å². The fourth-order valence-corrected chi connectivity index (χ4v) is 2.28. The number of pyridine rings is 1. The summed E-state index contributed by atoms with van der Waals surface area (Å²) in [5, 5.41) is 2.37. The number of fused-ring (bicyclic) bond motifs is 3. The molecule has 0 saturated carbocycles. The zero-order valence-electron chi connectivity index (χ0n) is 9.78. The summed E-state index contributed by atoms with van der Waals surface area (Å²) in [6.07, 6.45) is 3.73. The summed E-state index contributed by atoms with van der Waals surface area (Å²) in [5.41, 5.74) is 3.70. The van der Waals surface area contributed by atoms with Gasteiger partial charge in [-0.25, -0.2) is 0 Å². The second kappa shape index (κ2) is 2.91. The minimum atomic E-state index is 0.0623. The number of nitrogens with zero attached hydrogens (tertiary/aromatic N) is 2. The first-order chi connectivity index (χ1) is 7.60. The zero-order valence-corrected chi connectivity index (χ0v) is 9.78. The van der Waals surface area contributed by atoms with Crippen LogP contribution in [0, 0.1) is 0 Å². The molecule has 1 aliphatic rings. The Morgan fingerprint density at radius 2 is 1.94 bits per heavy atom. The molecule has 0 saturated heterocycles. The van der Waals surface area contributed by atoms with Gasteiger partial charge in [0.15, 0.2) is 0 Å². The van der Waals surface area contributed by atoms with E-state index in [1.807, 2.05) is 18.5 Å². The van der Waals surface area contributed by atoms with Crippen molar-refractivity contribution in [1.82, 2.24) is 4.98 Å². The number of aromatic nitrogens is 1. The average Bonchev–Trinajstić information content (AvgIpc) is 2.51.